The van der Waals surface area contributed by atoms with Crippen LogP contribution in [0.1, 0.15) is 0 Å². The molecule has 0 aliphatic heterocycles. The number of nitrogens with zero attached hydrogens (tertiary/aromatic N) is 3. The van der Waals surface area contributed by atoms with Crippen LogP contribution in [0.15, 0.2) is 24.3 Å². The van der Waals surface area contributed by atoms with Crippen molar-refractivity contribution in [3.8, 4) is 23.4 Å². The molecule has 0 unspecified atom stereocenters. The molecule has 2 rings (SSSR count). The number of rotatable bonds is 3. The quantitative estimate of drug-likeness (QED) is 0.837. The van der Waals surface area contributed by atoms with E-state index in [1.54, 1.807) is 12.1 Å². The summed E-state index contributed by atoms with van der Waals surface area (Å²) in [7, 11) is 2.97. The van der Waals surface area contributed by atoms with Gasteiger partial charge in [0.05, 0.1) is 14.2 Å². The summed E-state index contributed by atoms with van der Waals surface area (Å²) in [5.41, 5.74) is 0.813. The summed E-state index contributed by atoms with van der Waals surface area (Å²) in [6, 6.07) is 7.58. The van der Waals surface area contributed by atoms with Gasteiger partial charge in [-0.05, 0) is 24.3 Å². The molecule has 0 fully saturated rings. The molecule has 88 valence electrons. The lowest BCUT2D eigenvalue weighted by Crippen LogP contribution is -2.00. The van der Waals surface area contributed by atoms with Gasteiger partial charge in [0.2, 0.25) is 0 Å². The third-order valence-corrected chi connectivity index (χ3v) is 2.31. The third-order valence-electron chi connectivity index (χ3n) is 2.06. The average Bonchev–Trinajstić information content (AvgIpc) is 2.39. The van der Waals surface area contributed by atoms with Crippen LogP contribution in [0.5, 0.6) is 12.0 Å². The summed E-state index contributed by atoms with van der Waals surface area (Å²) in [5, 5.41) is 0.654. The van der Waals surface area contributed by atoms with Gasteiger partial charge in [-0.1, -0.05) is 11.6 Å². The van der Waals surface area contributed by atoms with Crippen LogP contribution in [0, 0.1) is 0 Å². The van der Waals surface area contributed by atoms with E-state index in [-0.39, 0.29) is 12.0 Å². The fraction of sp³-hybridized carbons (Fsp3) is 0.182. The number of benzene rings is 1. The van der Waals surface area contributed by atoms with Gasteiger partial charge >= 0.3 is 12.0 Å². The Morgan fingerprint density at radius 2 is 1.41 bits per heavy atom. The minimum absolute atomic E-state index is 0.210. The van der Waals surface area contributed by atoms with E-state index in [4.69, 9.17) is 21.1 Å². The van der Waals surface area contributed by atoms with Crippen LogP contribution >= 0.6 is 11.6 Å². The predicted molar refractivity (Wildman–Crippen MR) is 63.4 cm³/mol. The number of hydrogen-bond acceptors (Lipinski definition) is 5. The van der Waals surface area contributed by atoms with E-state index in [0.29, 0.717) is 10.8 Å². The van der Waals surface area contributed by atoms with Crippen molar-refractivity contribution in [3.05, 3.63) is 29.3 Å². The van der Waals surface area contributed by atoms with Crippen molar-refractivity contribution in [3.63, 3.8) is 0 Å². The molecule has 2 aromatic rings. The Morgan fingerprint density at radius 3 is 1.88 bits per heavy atom. The second-order valence-corrected chi connectivity index (χ2v) is 3.58. The maximum atomic E-state index is 5.81. The topological polar surface area (TPSA) is 57.1 Å². The lowest BCUT2D eigenvalue weighted by molar-refractivity contribution is 0.341. The van der Waals surface area contributed by atoms with E-state index >= 15 is 0 Å². The molecule has 0 radical (unpaired) electrons. The lowest BCUT2D eigenvalue weighted by Gasteiger charge is -2.04. The fourth-order valence-electron chi connectivity index (χ4n) is 1.25. The molecule has 0 amide bonds. The molecule has 0 saturated heterocycles. The van der Waals surface area contributed by atoms with Gasteiger partial charge in [0, 0.05) is 10.6 Å². The van der Waals surface area contributed by atoms with Gasteiger partial charge in [0.25, 0.3) is 0 Å². The van der Waals surface area contributed by atoms with Crippen molar-refractivity contribution in [2.75, 3.05) is 14.2 Å². The van der Waals surface area contributed by atoms with Crippen LogP contribution in [-0.4, -0.2) is 29.2 Å². The molecule has 0 saturated carbocycles. The first-order valence-electron chi connectivity index (χ1n) is 4.83. The zero-order chi connectivity index (χ0) is 12.3. The Hall–Kier alpha value is -1.88. The van der Waals surface area contributed by atoms with E-state index in [1.807, 2.05) is 12.1 Å². The van der Waals surface area contributed by atoms with E-state index in [9.17, 15) is 0 Å². The van der Waals surface area contributed by atoms with Crippen molar-refractivity contribution in [2.45, 2.75) is 0 Å². The van der Waals surface area contributed by atoms with Crippen LogP contribution in [0.2, 0.25) is 5.02 Å². The average molecular weight is 252 g/mol. The largest absolute Gasteiger partial charge is 0.467 e. The summed E-state index contributed by atoms with van der Waals surface area (Å²) in [5.74, 6) is 0.477. The van der Waals surface area contributed by atoms with Crippen LogP contribution in [-0.2, 0) is 0 Å². The summed E-state index contributed by atoms with van der Waals surface area (Å²) in [6.45, 7) is 0. The van der Waals surface area contributed by atoms with Crippen molar-refractivity contribution >= 4 is 11.6 Å². The standard InChI is InChI=1S/C11H10ClN3O2/c1-16-10-13-9(14-11(15-10)17-2)7-3-5-8(12)6-4-7/h3-6H,1-2H3. The molecule has 0 aliphatic carbocycles. The minimum atomic E-state index is 0.210. The lowest BCUT2D eigenvalue weighted by atomic mass is 10.2. The van der Waals surface area contributed by atoms with Gasteiger partial charge < -0.3 is 9.47 Å². The van der Waals surface area contributed by atoms with Gasteiger partial charge in [0.1, 0.15) is 0 Å². The van der Waals surface area contributed by atoms with E-state index < -0.39 is 0 Å². The molecule has 6 heteroatoms. The maximum Gasteiger partial charge on any atom is 0.322 e. The summed E-state index contributed by atoms with van der Waals surface area (Å²) in [6.07, 6.45) is 0. The summed E-state index contributed by atoms with van der Waals surface area (Å²) >= 11 is 5.81. The molecule has 0 N–H and O–H groups in total. The van der Waals surface area contributed by atoms with Crippen LogP contribution in [0.4, 0.5) is 0 Å². The normalized spacial score (nSPS) is 10.1. The van der Waals surface area contributed by atoms with E-state index in [1.165, 1.54) is 14.2 Å². The molecule has 1 aromatic heterocycles. The molecular weight excluding hydrogens is 242 g/mol. The number of methoxy groups -OCH3 is 2. The van der Waals surface area contributed by atoms with Crippen molar-refractivity contribution in [1.29, 1.82) is 0 Å². The number of halogens is 1. The van der Waals surface area contributed by atoms with Gasteiger partial charge in [-0.15, -0.1) is 4.98 Å². The minimum Gasteiger partial charge on any atom is -0.467 e. The predicted octanol–water partition coefficient (Wildman–Crippen LogP) is 2.21. The molecule has 17 heavy (non-hydrogen) atoms. The van der Waals surface area contributed by atoms with Crippen LogP contribution < -0.4 is 9.47 Å². The van der Waals surface area contributed by atoms with Crippen LogP contribution in [0.3, 0.4) is 0 Å². The Morgan fingerprint density at radius 1 is 0.882 bits per heavy atom. The highest BCUT2D eigenvalue weighted by atomic mass is 35.5. The SMILES string of the molecule is COc1nc(OC)nc(-c2ccc(Cl)cc2)n1. The van der Waals surface area contributed by atoms with Gasteiger partial charge in [-0.25, -0.2) is 0 Å². The molecule has 0 bridgehead atoms. The molecule has 0 spiro atoms. The second kappa shape index (κ2) is 4.97. The Labute approximate surface area is 103 Å². The monoisotopic (exact) mass is 251 g/mol. The van der Waals surface area contributed by atoms with Crippen molar-refractivity contribution in [1.82, 2.24) is 15.0 Å². The Kier molecular flexibility index (Phi) is 3.39. The second-order valence-electron chi connectivity index (χ2n) is 3.14. The first-order chi connectivity index (χ1) is 8.22. The Balaban J connectivity index is 2.46. The first-order valence-corrected chi connectivity index (χ1v) is 5.20. The molecule has 1 aromatic carbocycles. The summed E-state index contributed by atoms with van der Waals surface area (Å²) < 4.78 is 9.95. The number of hydrogen-bond donors (Lipinski definition) is 0. The first kappa shape index (κ1) is 11.6. The maximum absolute atomic E-state index is 5.81. The van der Waals surface area contributed by atoms with Gasteiger partial charge in [0.15, 0.2) is 5.82 Å². The van der Waals surface area contributed by atoms with Crippen LogP contribution in [0.25, 0.3) is 11.4 Å². The van der Waals surface area contributed by atoms with E-state index in [0.717, 1.165) is 5.56 Å². The molecule has 0 atom stereocenters. The molecule has 1 heterocycles. The third kappa shape index (κ3) is 2.62. The van der Waals surface area contributed by atoms with Gasteiger partial charge in [-0.3, -0.25) is 0 Å². The smallest absolute Gasteiger partial charge is 0.322 e. The molecule has 0 aliphatic rings. The van der Waals surface area contributed by atoms with Crippen molar-refractivity contribution < 1.29 is 9.47 Å². The van der Waals surface area contributed by atoms with Crippen molar-refractivity contribution in [2.24, 2.45) is 0 Å². The zero-order valence-electron chi connectivity index (χ0n) is 9.35. The highest BCUT2D eigenvalue weighted by Gasteiger charge is 2.08. The highest BCUT2D eigenvalue weighted by Crippen LogP contribution is 2.21. The van der Waals surface area contributed by atoms with E-state index in [2.05, 4.69) is 15.0 Å². The zero-order valence-corrected chi connectivity index (χ0v) is 10.1. The highest BCUT2D eigenvalue weighted by molar-refractivity contribution is 6.30. The van der Waals surface area contributed by atoms with Gasteiger partial charge in [-0.2, -0.15) is 9.97 Å². The number of ether oxygens (including phenoxy) is 2. The molecular formula is C11H10ClN3O2. The fourth-order valence-corrected chi connectivity index (χ4v) is 1.37. The number of aromatic nitrogens is 3. The Bertz CT molecular complexity index is 494. The summed E-state index contributed by atoms with van der Waals surface area (Å²) in [4.78, 5) is 12.2. The molecule has 5 nitrogen and oxygen atoms in total.